The predicted octanol–water partition coefficient (Wildman–Crippen LogP) is 1.89. The van der Waals surface area contributed by atoms with Gasteiger partial charge in [0.2, 0.25) is 11.8 Å². The van der Waals surface area contributed by atoms with E-state index in [1.165, 1.54) is 39.7 Å². The maximum Gasteiger partial charge on any atom is 0.241 e. The average Bonchev–Trinajstić information content (AvgIpc) is 2.33. The fourth-order valence-electron chi connectivity index (χ4n) is 2.32. The molecule has 5 nitrogen and oxygen atoms in total. The zero-order valence-electron chi connectivity index (χ0n) is 11.1. The number of hydrogen-bond donors (Lipinski definition) is 1. The van der Waals surface area contributed by atoms with Crippen LogP contribution in [0.3, 0.4) is 0 Å². The molecule has 1 atom stereocenters. The van der Waals surface area contributed by atoms with Gasteiger partial charge in [-0.3, -0.25) is 0 Å². The first kappa shape index (κ1) is 13.1. The van der Waals surface area contributed by atoms with Gasteiger partial charge >= 0.3 is 0 Å². The molecule has 2 rings (SSSR count). The molecule has 0 radical (unpaired) electrons. The van der Waals surface area contributed by atoms with Crippen LogP contribution in [0, 0.1) is 5.92 Å². The summed E-state index contributed by atoms with van der Waals surface area (Å²) in [7, 11) is 3.04. The third-order valence-corrected chi connectivity index (χ3v) is 3.54. The minimum Gasteiger partial charge on any atom is -0.480 e. The number of aromatic nitrogens is 2. The molecule has 0 amide bonds. The second-order valence-corrected chi connectivity index (χ2v) is 5.05. The highest BCUT2D eigenvalue weighted by Crippen LogP contribution is 2.39. The fraction of sp³-hybridized carbons (Fsp3) is 0.692. The molecule has 0 bridgehead atoms. The summed E-state index contributed by atoms with van der Waals surface area (Å²) in [5.74, 6) is 1.29. The van der Waals surface area contributed by atoms with E-state index in [0.29, 0.717) is 29.8 Å². The van der Waals surface area contributed by atoms with Crippen LogP contribution in [-0.2, 0) is 5.60 Å². The lowest BCUT2D eigenvalue weighted by Crippen LogP contribution is -2.29. The Bertz CT molecular complexity index is 417. The molecule has 1 fully saturated rings. The van der Waals surface area contributed by atoms with E-state index in [4.69, 9.17) is 9.47 Å². The smallest absolute Gasteiger partial charge is 0.241 e. The minimum atomic E-state index is -1.00. The third-order valence-electron chi connectivity index (χ3n) is 3.54. The number of aliphatic hydroxyl groups is 1. The zero-order chi connectivity index (χ0) is 13.2. The molecule has 0 aromatic carbocycles. The molecule has 1 saturated carbocycles. The summed E-state index contributed by atoms with van der Waals surface area (Å²) < 4.78 is 10.2. The quantitative estimate of drug-likeness (QED) is 0.867. The van der Waals surface area contributed by atoms with Crippen molar-refractivity contribution in [3.63, 3.8) is 0 Å². The molecule has 5 heteroatoms. The van der Waals surface area contributed by atoms with Gasteiger partial charge in [-0.05, 0) is 19.3 Å². The third kappa shape index (κ3) is 2.56. The maximum absolute atomic E-state index is 10.6. The molecule has 1 aromatic rings. The van der Waals surface area contributed by atoms with Gasteiger partial charge in [-0.15, -0.1) is 0 Å². The Morgan fingerprint density at radius 3 is 2.61 bits per heavy atom. The summed E-state index contributed by atoms with van der Waals surface area (Å²) >= 11 is 0. The van der Waals surface area contributed by atoms with Crippen LogP contribution in [0.5, 0.6) is 11.8 Å². The lowest BCUT2D eigenvalue weighted by atomic mass is 9.77. The van der Waals surface area contributed by atoms with E-state index in [0.717, 1.165) is 0 Å². The molecule has 100 valence electrons. The largest absolute Gasteiger partial charge is 0.480 e. The van der Waals surface area contributed by atoms with Crippen LogP contribution in [0.25, 0.3) is 0 Å². The summed E-state index contributed by atoms with van der Waals surface area (Å²) in [6.45, 7) is 1.77. The minimum absolute atomic E-state index is 0.332. The highest BCUT2D eigenvalue weighted by Gasteiger charge is 2.34. The fourth-order valence-corrected chi connectivity index (χ4v) is 2.32. The Balaban J connectivity index is 2.24. The second kappa shape index (κ2) is 5.10. The van der Waals surface area contributed by atoms with E-state index in [2.05, 4.69) is 9.97 Å². The molecule has 1 unspecified atom stereocenters. The van der Waals surface area contributed by atoms with Crippen molar-refractivity contribution in [1.29, 1.82) is 0 Å². The van der Waals surface area contributed by atoms with Gasteiger partial charge in [0.25, 0.3) is 0 Å². The van der Waals surface area contributed by atoms with E-state index < -0.39 is 5.60 Å². The van der Waals surface area contributed by atoms with E-state index >= 15 is 0 Å². The van der Waals surface area contributed by atoms with Gasteiger partial charge in [-0.25, -0.2) is 4.98 Å². The van der Waals surface area contributed by atoms with Crippen molar-refractivity contribution in [2.24, 2.45) is 5.92 Å². The number of methoxy groups -OCH3 is 2. The Morgan fingerprint density at radius 1 is 1.39 bits per heavy atom. The SMILES string of the molecule is COc1cnc(C(C)(O)CC2CCC2)c(OC)n1. The molecule has 1 aromatic heterocycles. The standard InChI is InChI=1S/C13H20N2O3/c1-13(16,7-9-5-4-6-9)11-12(18-3)15-10(17-2)8-14-11/h8-9,16H,4-7H2,1-3H3. The van der Waals surface area contributed by atoms with Crippen LogP contribution in [-0.4, -0.2) is 29.3 Å². The Kier molecular flexibility index (Phi) is 3.71. The average molecular weight is 252 g/mol. The lowest BCUT2D eigenvalue weighted by Gasteiger charge is -2.33. The van der Waals surface area contributed by atoms with Gasteiger partial charge in [-0.2, -0.15) is 4.98 Å². The van der Waals surface area contributed by atoms with Crippen molar-refractivity contribution in [2.75, 3.05) is 14.2 Å². The normalized spacial score (nSPS) is 18.9. The van der Waals surface area contributed by atoms with Crippen molar-refractivity contribution < 1.29 is 14.6 Å². The van der Waals surface area contributed by atoms with Crippen LogP contribution in [0.15, 0.2) is 6.20 Å². The van der Waals surface area contributed by atoms with Crippen LogP contribution in [0.4, 0.5) is 0 Å². The number of nitrogens with zero attached hydrogens (tertiary/aromatic N) is 2. The first-order valence-electron chi connectivity index (χ1n) is 6.24. The lowest BCUT2D eigenvalue weighted by molar-refractivity contribution is 0.00948. The van der Waals surface area contributed by atoms with E-state index in [1.807, 2.05) is 0 Å². The van der Waals surface area contributed by atoms with Crippen molar-refractivity contribution >= 4 is 0 Å². The molecule has 1 aliphatic rings. The van der Waals surface area contributed by atoms with Crippen LogP contribution >= 0.6 is 0 Å². The summed E-state index contributed by atoms with van der Waals surface area (Å²) in [4.78, 5) is 8.40. The first-order valence-corrected chi connectivity index (χ1v) is 6.24. The predicted molar refractivity (Wildman–Crippen MR) is 66.7 cm³/mol. The first-order chi connectivity index (χ1) is 8.56. The number of rotatable bonds is 5. The highest BCUT2D eigenvalue weighted by molar-refractivity contribution is 5.27. The van der Waals surface area contributed by atoms with Crippen LogP contribution in [0.1, 0.15) is 38.3 Å². The summed E-state index contributed by atoms with van der Waals surface area (Å²) in [5.41, 5.74) is -0.520. The van der Waals surface area contributed by atoms with Gasteiger partial charge in [-0.1, -0.05) is 19.3 Å². The molecule has 1 N–H and O–H groups in total. The van der Waals surface area contributed by atoms with Gasteiger partial charge in [0.05, 0.1) is 20.4 Å². The number of ether oxygens (including phenoxy) is 2. The van der Waals surface area contributed by atoms with Gasteiger partial charge in [0.15, 0.2) is 0 Å². The number of hydrogen-bond acceptors (Lipinski definition) is 5. The van der Waals surface area contributed by atoms with Gasteiger partial charge in [0, 0.05) is 0 Å². The molecule has 1 heterocycles. The van der Waals surface area contributed by atoms with Crippen molar-refractivity contribution in [3.05, 3.63) is 11.9 Å². The molecule has 0 aliphatic heterocycles. The summed E-state index contributed by atoms with van der Waals surface area (Å²) in [5, 5.41) is 10.6. The van der Waals surface area contributed by atoms with Crippen molar-refractivity contribution in [1.82, 2.24) is 9.97 Å². The topological polar surface area (TPSA) is 64.5 Å². The Labute approximate surface area is 107 Å². The second-order valence-electron chi connectivity index (χ2n) is 5.05. The van der Waals surface area contributed by atoms with Gasteiger partial charge in [0.1, 0.15) is 11.3 Å². The van der Waals surface area contributed by atoms with E-state index in [-0.39, 0.29) is 0 Å². The zero-order valence-corrected chi connectivity index (χ0v) is 11.1. The monoisotopic (exact) mass is 252 g/mol. The summed E-state index contributed by atoms with van der Waals surface area (Å²) in [6, 6.07) is 0. The highest BCUT2D eigenvalue weighted by atomic mass is 16.5. The van der Waals surface area contributed by atoms with Crippen molar-refractivity contribution in [2.45, 2.75) is 38.2 Å². The van der Waals surface area contributed by atoms with E-state index in [9.17, 15) is 5.11 Å². The molecular weight excluding hydrogens is 232 g/mol. The molecule has 18 heavy (non-hydrogen) atoms. The molecule has 0 spiro atoms. The van der Waals surface area contributed by atoms with Crippen LogP contribution in [0.2, 0.25) is 0 Å². The Morgan fingerprint density at radius 2 is 2.11 bits per heavy atom. The Hall–Kier alpha value is -1.36. The maximum atomic E-state index is 10.6. The summed E-state index contributed by atoms with van der Waals surface area (Å²) in [6.07, 6.45) is 5.83. The van der Waals surface area contributed by atoms with Crippen molar-refractivity contribution in [3.8, 4) is 11.8 Å². The molecular formula is C13H20N2O3. The van der Waals surface area contributed by atoms with Crippen LogP contribution < -0.4 is 9.47 Å². The van der Waals surface area contributed by atoms with E-state index in [1.54, 1.807) is 6.92 Å². The van der Waals surface area contributed by atoms with Gasteiger partial charge < -0.3 is 14.6 Å². The molecule has 0 saturated heterocycles. The molecule has 1 aliphatic carbocycles.